The van der Waals surface area contributed by atoms with E-state index in [-0.39, 0.29) is 19.2 Å². The first kappa shape index (κ1) is 14.0. The Bertz CT molecular complexity index is 546. The predicted octanol–water partition coefficient (Wildman–Crippen LogP) is 1.49. The molecule has 0 spiro atoms. The normalized spacial score (nSPS) is 16.9. The maximum atomic E-state index is 11.9. The van der Waals surface area contributed by atoms with Crippen molar-refractivity contribution < 1.29 is 22.1 Å². The van der Waals surface area contributed by atoms with Gasteiger partial charge in [-0.05, 0) is 18.4 Å². The summed E-state index contributed by atoms with van der Waals surface area (Å²) in [6.07, 6.45) is 2.19. The monoisotopic (exact) mass is 284 g/mol. The van der Waals surface area contributed by atoms with Crippen LogP contribution in [-0.2, 0) is 30.4 Å². The van der Waals surface area contributed by atoms with Crippen molar-refractivity contribution in [3.05, 3.63) is 35.9 Å². The topological polar surface area (TPSA) is 69.7 Å². The van der Waals surface area contributed by atoms with Crippen molar-refractivity contribution in [2.24, 2.45) is 5.41 Å². The van der Waals surface area contributed by atoms with Gasteiger partial charge in [0.05, 0.1) is 18.3 Å². The van der Waals surface area contributed by atoms with Crippen molar-refractivity contribution in [3.8, 4) is 0 Å². The van der Waals surface area contributed by atoms with Crippen molar-refractivity contribution in [1.29, 1.82) is 0 Å². The Kier molecular flexibility index (Phi) is 3.91. The molecule has 0 N–H and O–H groups in total. The summed E-state index contributed by atoms with van der Waals surface area (Å²) in [4.78, 5) is 11.9. The van der Waals surface area contributed by atoms with Crippen LogP contribution in [0, 0.1) is 5.41 Å². The summed E-state index contributed by atoms with van der Waals surface area (Å²) in [5.41, 5.74) is 0.133. The summed E-state index contributed by atoms with van der Waals surface area (Å²) in [7, 11) is -3.53. The number of carbonyl (C=O) groups is 1. The van der Waals surface area contributed by atoms with Crippen molar-refractivity contribution in [2.75, 3.05) is 12.9 Å². The average Bonchev–Trinajstić information content (AvgIpc) is 3.15. The van der Waals surface area contributed by atoms with Crippen molar-refractivity contribution in [3.63, 3.8) is 0 Å². The molecule has 2 rings (SSSR count). The lowest BCUT2D eigenvalue weighted by Gasteiger charge is -2.13. The average molecular weight is 284 g/mol. The van der Waals surface area contributed by atoms with Crippen molar-refractivity contribution in [1.82, 2.24) is 0 Å². The van der Waals surface area contributed by atoms with Gasteiger partial charge < -0.3 is 4.74 Å². The van der Waals surface area contributed by atoms with E-state index < -0.39 is 15.5 Å². The minimum absolute atomic E-state index is 0.126. The molecule has 1 aromatic rings. The van der Waals surface area contributed by atoms with Gasteiger partial charge in [0.25, 0.3) is 10.1 Å². The molecule has 1 fully saturated rings. The van der Waals surface area contributed by atoms with E-state index in [1.807, 2.05) is 30.3 Å². The van der Waals surface area contributed by atoms with Crippen LogP contribution in [0.2, 0.25) is 0 Å². The van der Waals surface area contributed by atoms with Crippen LogP contribution in [0.4, 0.5) is 0 Å². The lowest BCUT2D eigenvalue weighted by Crippen LogP contribution is -2.25. The first-order valence-electron chi connectivity index (χ1n) is 5.97. The SMILES string of the molecule is CS(=O)(=O)OCC1(C(=O)OCc2ccccc2)CC1. The maximum absolute atomic E-state index is 11.9. The van der Waals surface area contributed by atoms with Crippen LogP contribution >= 0.6 is 0 Å². The van der Waals surface area contributed by atoms with Gasteiger partial charge in [-0.25, -0.2) is 0 Å². The van der Waals surface area contributed by atoms with E-state index in [0.29, 0.717) is 12.8 Å². The summed E-state index contributed by atoms with van der Waals surface area (Å²) in [5, 5.41) is 0. The second-order valence-electron chi connectivity index (χ2n) is 4.81. The minimum atomic E-state index is -3.53. The molecule has 1 aliphatic rings. The van der Waals surface area contributed by atoms with Crippen LogP contribution in [0.25, 0.3) is 0 Å². The lowest BCUT2D eigenvalue weighted by atomic mass is 10.1. The fourth-order valence-electron chi connectivity index (χ4n) is 1.65. The number of hydrogen-bond acceptors (Lipinski definition) is 5. The lowest BCUT2D eigenvalue weighted by molar-refractivity contribution is -0.152. The maximum Gasteiger partial charge on any atom is 0.314 e. The highest BCUT2D eigenvalue weighted by molar-refractivity contribution is 7.85. The molecule has 1 aliphatic carbocycles. The summed E-state index contributed by atoms with van der Waals surface area (Å²) < 4.78 is 31.8. The molecular weight excluding hydrogens is 268 g/mol. The number of rotatable bonds is 6. The van der Waals surface area contributed by atoms with E-state index in [1.165, 1.54) is 0 Å². The van der Waals surface area contributed by atoms with Gasteiger partial charge in [0.1, 0.15) is 6.61 Å². The minimum Gasteiger partial charge on any atom is -0.460 e. The molecule has 104 valence electrons. The number of ether oxygens (including phenoxy) is 1. The van der Waals surface area contributed by atoms with Crippen molar-refractivity contribution in [2.45, 2.75) is 19.4 Å². The van der Waals surface area contributed by atoms with E-state index in [1.54, 1.807) is 0 Å². The Labute approximate surface area is 112 Å². The molecule has 0 aliphatic heterocycles. The summed E-state index contributed by atoms with van der Waals surface area (Å²) in [6, 6.07) is 9.33. The molecule has 1 aromatic carbocycles. The molecule has 0 aromatic heterocycles. The van der Waals surface area contributed by atoms with Gasteiger partial charge in [-0.1, -0.05) is 30.3 Å². The Morgan fingerprint density at radius 2 is 1.89 bits per heavy atom. The highest BCUT2D eigenvalue weighted by atomic mass is 32.2. The highest BCUT2D eigenvalue weighted by Gasteiger charge is 2.52. The zero-order valence-electron chi connectivity index (χ0n) is 10.7. The van der Waals surface area contributed by atoms with Crippen LogP contribution in [0.5, 0.6) is 0 Å². The van der Waals surface area contributed by atoms with Gasteiger partial charge in [-0.15, -0.1) is 0 Å². The van der Waals surface area contributed by atoms with Gasteiger partial charge in [0, 0.05) is 0 Å². The van der Waals surface area contributed by atoms with Gasteiger partial charge >= 0.3 is 5.97 Å². The number of carbonyl (C=O) groups excluding carboxylic acids is 1. The van der Waals surface area contributed by atoms with E-state index in [4.69, 9.17) is 8.92 Å². The third-order valence-electron chi connectivity index (χ3n) is 3.05. The Balaban J connectivity index is 1.86. The van der Waals surface area contributed by atoms with Crippen LogP contribution < -0.4 is 0 Å². The number of benzene rings is 1. The molecule has 0 amide bonds. The highest BCUT2D eigenvalue weighted by Crippen LogP contribution is 2.47. The fraction of sp³-hybridized carbons (Fsp3) is 0.462. The van der Waals surface area contributed by atoms with E-state index in [0.717, 1.165) is 11.8 Å². The van der Waals surface area contributed by atoms with Crippen molar-refractivity contribution >= 4 is 16.1 Å². The molecule has 19 heavy (non-hydrogen) atoms. The second kappa shape index (κ2) is 5.30. The van der Waals surface area contributed by atoms with Gasteiger partial charge in [-0.3, -0.25) is 8.98 Å². The van der Waals surface area contributed by atoms with Crippen LogP contribution in [0.15, 0.2) is 30.3 Å². The first-order chi connectivity index (χ1) is 8.91. The van der Waals surface area contributed by atoms with E-state index >= 15 is 0 Å². The largest absolute Gasteiger partial charge is 0.460 e. The summed E-state index contributed by atoms with van der Waals surface area (Å²) >= 11 is 0. The molecule has 1 saturated carbocycles. The van der Waals surface area contributed by atoms with Gasteiger partial charge in [-0.2, -0.15) is 8.42 Å². The molecule has 6 heteroatoms. The molecule has 0 heterocycles. The molecule has 0 atom stereocenters. The summed E-state index contributed by atoms with van der Waals surface area (Å²) in [6.45, 7) is 0.0692. The van der Waals surface area contributed by atoms with Gasteiger partial charge in [0.15, 0.2) is 0 Å². The zero-order chi connectivity index (χ0) is 13.9. The van der Waals surface area contributed by atoms with Crippen LogP contribution in [0.1, 0.15) is 18.4 Å². The molecule has 0 unspecified atom stereocenters. The molecular formula is C13H16O5S. The third-order valence-corrected chi connectivity index (χ3v) is 3.59. The van der Waals surface area contributed by atoms with E-state index in [9.17, 15) is 13.2 Å². The molecule has 0 saturated heterocycles. The zero-order valence-corrected chi connectivity index (χ0v) is 11.5. The molecule has 0 radical (unpaired) electrons. The molecule has 0 bridgehead atoms. The third kappa shape index (κ3) is 4.04. The smallest absolute Gasteiger partial charge is 0.314 e. The standard InChI is InChI=1S/C13H16O5S/c1-19(15,16)18-10-13(7-8-13)12(14)17-9-11-5-3-2-4-6-11/h2-6H,7-10H2,1H3. The van der Waals surface area contributed by atoms with Crippen LogP contribution in [-0.4, -0.2) is 27.2 Å². The number of esters is 1. The molecule has 5 nitrogen and oxygen atoms in total. The summed E-state index contributed by atoms with van der Waals surface area (Å²) in [5.74, 6) is -0.389. The van der Waals surface area contributed by atoms with Crippen LogP contribution in [0.3, 0.4) is 0 Å². The quantitative estimate of drug-likeness (QED) is 0.584. The fourth-order valence-corrected chi connectivity index (χ4v) is 2.09. The Hall–Kier alpha value is -1.40. The first-order valence-corrected chi connectivity index (χ1v) is 7.79. The Morgan fingerprint density at radius 3 is 2.42 bits per heavy atom. The number of hydrogen-bond donors (Lipinski definition) is 0. The van der Waals surface area contributed by atoms with Gasteiger partial charge in [0.2, 0.25) is 0 Å². The predicted molar refractivity (Wildman–Crippen MR) is 68.7 cm³/mol. The Morgan fingerprint density at radius 1 is 1.26 bits per heavy atom. The second-order valence-corrected chi connectivity index (χ2v) is 6.45. The van der Waals surface area contributed by atoms with E-state index in [2.05, 4.69) is 0 Å².